The summed E-state index contributed by atoms with van der Waals surface area (Å²) in [5.41, 5.74) is 9.17. The van der Waals surface area contributed by atoms with Crippen LogP contribution >= 0.6 is 11.3 Å². The lowest BCUT2D eigenvalue weighted by atomic mass is 10.1. The third-order valence-electron chi connectivity index (χ3n) is 4.09. The number of nitrogens with one attached hydrogen (secondary N) is 1. The lowest BCUT2D eigenvalue weighted by Gasteiger charge is -2.06. The Morgan fingerprint density at radius 1 is 1.26 bits per heavy atom. The van der Waals surface area contributed by atoms with Crippen LogP contribution in [0.1, 0.15) is 15.2 Å². The smallest absolute Gasteiger partial charge is 0.261 e. The molecule has 27 heavy (non-hydrogen) atoms. The van der Waals surface area contributed by atoms with Crippen molar-refractivity contribution in [2.45, 2.75) is 6.54 Å². The maximum absolute atomic E-state index is 12.5. The summed E-state index contributed by atoms with van der Waals surface area (Å²) in [6.07, 6.45) is 1.85. The van der Waals surface area contributed by atoms with Crippen molar-refractivity contribution in [3.8, 4) is 16.9 Å². The molecule has 0 aliphatic rings. The van der Waals surface area contributed by atoms with Crippen molar-refractivity contribution in [1.82, 2.24) is 19.9 Å². The number of carbonyl (C=O) groups is 1. The number of rotatable bonds is 5. The Bertz CT molecular complexity index is 1120. The number of anilines is 1. The van der Waals surface area contributed by atoms with E-state index < -0.39 is 0 Å². The molecule has 0 aliphatic carbocycles. The third-order valence-corrected chi connectivity index (χ3v) is 5.02. The summed E-state index contributed by atoms with van der Waals surface area (Å²) in [5.74, 6) is 0.888. The maximum Gasteiger partial charge on any atom is 0.261 e. The van der Waals surface area contributed by atoms with Gasteiger partial charge in [0.1, 0.15) is 5.75 Å². The van der Waals surface area contributed by atoms with Crippen molar-refractivity contribution in [2.75, 3.05) is 12.8 Å². The number of carbonyl (C=O) groups excluding carboxylic acids is 1. The fourth-order valence-corrected chi connectivity index (χ4v) is 3.56. The second kappa shape index (κ2) is 7.08. The molecule has 1 aromatic carbocycles. The largest absolute Gasteiger partial charge is 0.497 e. The molecule has 0 radical (unpaired) electrons. The molecule has 0 bridgehead atoms. The van der Waals surface area contributed by atoms with Crippen molar-refractivity contribution in [3.05, 3.63) is 64.5 Å². The Morgan fingerprint density at radius 2 is 2.15 bits per heavy atom. The molecule has 0 aliphatic heterocycles. The highest BCUT2D eigenvalue weighted by Gasteiger charge is 2.11. The van der Waals surface area contributed by atoms with Crippen LogP contribution in [-0.2, 0) is 6.54 Å². The van der Waals surface area contributed by atoms with E-state index in [-0.39, 0.29) is 11.9 Å². The minimum atomic E-state index is -0.111. The summed E-state index contributed by atoms with van der Waals surface area (Å²) < 4.78 is 6.83. The first-order valence-electron chi connectivity index (χ1n) is 8.24. The second-order valence-electron chi connectivity index (χ2n) is 5.92. The van der Waals surface area contributed by atoms with Crippen molar-refractivity contribution in [3.63, 3.8) is 0 Å². The molecular weight excluding hydrogens is 362 g/mol. The van der Waals surface area contributed by atoms with Crippen LogP contribution in [-0.4, -0.2) is 27.6 Å². The highest BCUT2D eigenvalue weighted by atomic mass is 32.1. The van der Waals surface area contributed by atoms with Gasteiger partial charge in [0.15, 0.2) is 5.65 Å². The summed E-state index contributed by atoms with van der Waals surface area (Å²) in [6.45, 7) is 0.438. The van der Waals surface area contributed by atoms with E-state index in [1.165, 1.54) is 11.3 Å². The number of methoxy groups -OCH3 is 1. The number of nitrogens with zero attached hydrogens (tertiary/aromatic N) is 3. The minimum absolute atomic E-state index is 0.111. The lowest BCUT2D eigenvalue weighted by molar-refractivity contribution is 0.0955. The van der Waals surface area contributed by atoms with Gasteiger partial charge in [-0.2, -0.15) is 4.98 Å². The zero-order valence-corrected chi connectivity index (χ0v) is 15.4. The molecule has 7 nitrogen and oxygen atoms in total. The van der Waals surface area contributed by atoms with E-state index in [9.17, 15) is 4.79 Å². The van der Waals surface area contributed by atoms with Crippen LogP contribution < -0.4 is 15.8 Å². The molecular formula is C19H17N5O2S. The summed E-state index contributed by atoms with van der Waals surface area (Å²) in [5, 5.41) is 9.00. The number of thiophene rings is 1. The van der Waals surface area contributed by atoms with E-state index in [4.69, 9.17) is 10.5 Å². The zero-order chi connectivity index (χ0) is 18.8. The highest BCUT2D eigenvalue weighted by molar-refractivity contribution is 7.12. The quantitative estimate of drug-likeness (QED) is 0.556. The molecule has 3 heterocycles. The molecule has 3 aromatic heterocycles. The molecule has 4 rings (SSSR count). The number of hydrogen-bond donors (Lipinski definition) is 2. The van der Waals surface area contributed by atoms with Gasteiger partial charge in [0.05, 0.1) is 12.0 Å². The number of benzene rings is 1. The maximum atomic E-state index is 12.5. The Labute approximate surface area is 159 Å². The molecule has 0 fully saturated rings. The summed E-state index contributed by atoms with van der Waals surface area (Å²) in [7, 11) is 1.62. The van der Waals surface area contributed by atoms with Crippen LogP contribution in [0.5, 0.6) is 5.75 Å². The number of hydrogen-bond acceptors (Lipinski definition) is 6. The molecule has 0 saturated heterocycles. The summed E-state index contributed by atoms with van der Waals surface area (Å²) in [4.78, 5) is 17.2. The number of nitrogens with two attached hydrogens (primary N) is 1. The SMILES string of the molecule is COc1cccc(CNC(=O)c2cc(-c3ccc4nc(N)nn4c3)cs2)c1. The van der Waals surface area contributed by atoms with Crippen LogP contribution in [0.15, 0.2) is 54.0 Å². The van der Waals surface area contributed by atoms with E-state index in [2.05, 4.69) is 15.4 Å². The average molecular weight is 379 g/mol. The topological polar surface area (TPSA) is 94.5 Å². The first kappa shape index (κ1) is 17.0. The van der Waals surface area contributed by atoms with Gasteiger partial charge in [0.2, 0.25) is 5.95 Å². The first-order chi connectivity index (χ1) is 13.1. The zero-order valence-electron chi connectivity index (χ0n) is 14.5. The van der Waals surface area contributed by atoms with Gasteiger partial charge >= 0.3 is 0 Å². The van der Waals surface area contributed by atoms with Crippen LogP contribution in [0.2, 0.25) is 0 Å². The van der Waals surface area contributed by atoms with Gasteiger partial charge in [-0.3, -0.25) is 4.79 Å². The van der Waals surface area contributed by atoms with Crippen LogP contribution in [0.4, 0.5) is 5.95 Å². The van der Waals surface area contributed by atoms with Gasteiger partial charge in [-0.1, -0.05) is 12.1 Å². The van der Waals surface area contributed by atoms with E-state index in [1.54, 1.807) is 11.6 Å². The van der Waals surface area contributed by atoms with Crippen LogP contribution in [0.25, 0.3) is 16.8 Å². The predicted octanol–water partition coefficient (Wildman–Crippen LogP) is 2.98. The fourth-order valence-electron chi connectivity index (χ4n) is 2.73. The molecule has 8 heteroatoms. The number of amides is 1. The Hall–Kier alpha value is -3.39. The Balaban J connectivity index is 1.48. The monoisotopic (exact) mass is 379 g/mol. The average Bonchev–Trinajstić information content (AvgIpc) is 3.31. The molecule has 0 unspecified atom stereocenters. The third kappa shape index (κ3) is 3.61. The summed E-state index contributed by atoms with van der Waals surface area (Å²) >= 11 is 1.40. The van der Waals surface area contributed by atoms with Crippen molar-refractivity contribution >= 4 is 28.8 Å². The van der Waals surface area contributed by atoms with E-state index >= 15 is 0 Å². The number of ether oxygens (including phenoxy) is 1. The van der Waals surface area contributed by atoms with Gasteiger partial charge in [0, 0.05) is 18.3 Å². The Morgan fingerprint density at radius 3 is 3.00 bits per heavy atom. The van der Waals surface area contributed by atoms with E-state index in [0.717, 1.165) is 22.4 Å². The molecule has 136 valence electrons. The van der Waals surface area contributed by atoms with Gasteiger partial charge in [-0.15, -0.1) is 16.4 Å². The second-order valence-corrected chi connectivity index (χ2v) is 6.84. The fraction of sp³-hybridized carbons (Fsp3) is 0.105. The van der Waals surface area contributed by atoms with Gasteiger partial charge < -0.3 is 15.8 Å². The molecule has 0 atom stereocenters. The summed E-state index contributed by atoms with van der Waals surface area (Å²) in [6, 6.07) is 13.3. The van der Waals surface area contributed by atoms with Crippen LogP contribution in [0.3, 0.4) is 0 Å². The van der Waals surface area contributed by atoms with Gasteiger partial charge in [-0.25, -0.2) is 4.52 Å². The Kier molecular flexibility index (Phi) is 4.47. The first-order valence-corrected chi connectivity index (χ1v) is 9.12. The van der Waals surface area contributed by atoms with Crippen molar-refractivity contribution in [2.24, 2.45) is 0 Å². The van der Waals surface area contributed by atoms with Crippen LogP contribution in [0, 0.1) is 0 Å². The standard InChI is InChI=1S/C19H17N5O2S/c1-26-15-4-2-3-12(7-15)9-21-18(25)16-8-14(11-27-16)13-5-6-17-22-19(20)23-24(17)10-13/h2-8,10-11H,9H2,1H3,(H2,20,23)(H,21,25). The minimum Gasteiger partial charge on any atom is -0.497 e. The number of aromatic nitrogens is 3. The molecule has 4 aromatic rings. The highest BCUT2D eigenvalue weighted by Crippen LogP contribution is 2.26. The normalized spacial score (nSPS) is 10.9. The van der Waals surface area contributed by atoms with E-state index in [0.29, 0.717) is 17.1 Å². The lowest BCUT2D eigenvalue weighted by Crippen LogP contribution is -2.21. The molecule has 1 amide bonds. The van der Waals surface area contributed by atoms with Gasteiger partial charge in [0.25, 0.3) is 5.91 Å². The number of fused-ring (bicyclic) bond motifs is 1. The molecule has 0 spiro atoms. The van der Waals surface area contributed by atoms with Crippen molar-refractivity contribution < 1.29 is 9.53 Å². The number of pyridine rings is 1. The van der Waals surface area contributed by atoms with Gasteiger partial charge in [-0.05, 0) is 46.8 Å². The van der Waals surface area contributed by atoms with E-state index in [1.807, 2.05) is 54.0 Å². The predicted molar refractivity (Wildman–Crippen MR) is 105 cm³/mol. The molecule has 3 N–H and O–H groups in total. The number of nitrogen functional groups attached to an aromatic ring is 1. The molecule has 0 saturated carbocycles. The van der Waals surface area contributed by atoms with Crippen molar-refractivity contribution in [1.29, 1.82) is 0 Å².